The highest BCUT2D eigenvalue weighted by Crippen LogP contribution is 2.56. The Morgan fingerprint density at radius 2 is 1.62 bits per heavy atom. The normalized spacial score (nSPS) is 22.0. The number of halogens is 1. The van der Waals surface area contributed by atoms with Crippen LogP contribution >= 0.6 is 0 Å². The van der Waals surface area contributed by atoms with Gasteiger partial charge in [-0.15, -0.1) is 0 Å². The molecule has 2 aromatic carbocycles. The number of pyridine rings is 1. The number of likely N-dealkylation sites (tertiary alicyclic amines) is 1. The fourth-order valence-electron chi connectivity index (χ4n) is 9.12. The van der Waals surface area contributed by atoms with E-state index in [1.807, 2.05) is 62.5 Å². The highest BCUT2D eigenvalue weighted by Gasteiger charge is 2.52. The number of H-pyrrole nitrogens is 2. The summed E-state index contributed by atoms with van der Waals surface area (Å²) >= 11 is 0. The number of benzene rings is 2. The summed E-state index contributed by atoms with van der Waals surface area (Å²) in [6.45, 7) is 4.75. The summed E-state index contributed by atoms with van der Waals surface area (Å²) < 4.78 is 20.5. The molecule has 1 aliphatic heterocycles. The van der Waals surface area contributed by atoms with Crippen molar-refractivity contribution >= 4 is 17.9 Å². The van der Waals surface area contributed by atoms with Crippen LogP contribution < -0.4 is 10.6 Å². The molecule has 1 saturated heterocycles. The smallest absolute Gasteiger partial charge is 0.407 e. The first kappa shape index (κ1) is 37.1. The largest absolute Gasteiger partial charge is 0.453 e. The summed E-state index contributed by atoms with van der Waals surface area (Å²) in [6.07, 6.45) is 11.1. The molecule has 2 bridgehead atoms. The number of aromatic amines is 2. The van der Waals surface area contributed by atoms with E-state index in [9.17, 15) is 14.4 Å². The number of aromatic nitrogens is 5. The predicted octanol–water partition coefficient (Wildman–Crippen LogP) is 7.16. The van der Waals surface area contributed by atoms with Crippen LogP contribution in [0.3, 0.4) is 0 Å². The van der Waals surface area contributed by atoms with Crippen molar-refractivity contribution in [1.29, 1.82) is 0 Å². The molecule has 3 aromatic heterocycles. The number of imidazole rings is 2. The molecular weight excluding hydrogens is 712 g/mol. The molecule has 0 radical (unpaired) electrons. The van der Waals surface area contributed by atoms with E-state index in [-0.39, 0.29) is 41.4 Å². The summed E-state index contributed by atoms with van der Waals surface area (Å²) in [5, 5.41) is 5.82. The van der Waals surface area contributed by atoms with Gasteiger partial charge in [-0.3, -0.25) is 14.6 Å². The number of fused-ring (bicyclic) bond motifs is 2. The van der Waals surface area contributed by atoms with Crippen molar-refractivity contribution in [2.75, 3.05) is 13.7 Å². The lowest BCUT2D eigenvalue weighted by Gasteiger charge is -2.30. The lowest BCUT2D eigenvalue weighted by molar-refractivity contribution is -0.135. The second-order valence-electron chi connectivity index (χ2n) is 15.6. The van der Waals surface area contributed by atoms with Gasteiger partial charge >= 0.3 is 6.09 Å². The van der Waals surface area contributed by atoms with Crippen LogP contribution in [-0.2, 0) is 20.9 Å². The van der Waals surface area contributed by atoms with Gasteiger partial charge in [0, 0.05) is 42.5 Å². The number of hydrogen-bond donors (Lipinski definition) is 4. The highest BCUT2D eigenvalue weighted by molar-refractivity contribution is 5.86. The first-order valence-electron chi connectivity index (χ1n) is 19.5. The fourth-order valence-corrected chi connectivity index (χ4v) is 9.12. The van der Waals surface area contributed by atoms with Crippen molar-refractivity contribution in [3.8, 4) is 33.6 Å². The average Bonchev–Trinajstić information content (AvgIpc) is 4.07. The van der Waals surface area contributed by atoms with Gasteiger partial charge in [0.15, 0.2) is 0 Å². The van der Waals surface area contributed by atoms with Gasteiger partial charge in [0.05, 0.1) is 42.9 Å². The first-order chi connectivity index (χ1) is 27.2. The predicted molar refractivity (Wildman–Crippen MR) is 208 cm³/mol. The monoisotopic (exact) mass is 758 g/mol. The van der Waals surface area contributed by atoms with Crippen molar-refractivity contribution in [2.24, 2.45) is 23.7 Å². The van der Waals surface area contributed by atoms with Crippen molar-refractivity contribution in [3.63, 3.8) is 0 Å². The molecule has 290 valence electrons. The third-order valence-electron chi connectivity index (χ3n) is 11.9. The van der Waals surface area contributed by atoms with E-state index in [1.165, 1.54) is 13.2 Å². The number of rotatable bonds is 11. The van der Waals surface area contributed by atoms with E-state index in [4.69, 9.17) is 9.72 Å². The van der Waals surface area contributed by atoms with Gasteiger partial charge in [-0.2, -0.15) is 0 Å². The van der Waals surface area contributed by atoms with Crippen LogP contribution in [0.1, 0.15) is 75.1 Å². The van der Waals surface area contributed by atoms with Gasteiger partial charge in [-0.1, -0.05) is 56.3 Å². The minimum Gasteiger partial charge on any atom is -0.453 e. The standard InChI is InChI=1S/C43H47FN8O4/c1-24(2)38(51-43(55)56-3)42(54)52-17-5-7-35(52)39-46-23-34(49-39)28-14-15-31(32(44)19-28)26-8-10-27(11-9-26)33-22-47-40(50-33)36-29-12-13-30(18-29)37(36)41(53)48-21-25-6-4-16-45-20-25/h4,6,8-11,14-16,19-20,22-24,29-30,35-38H,5,7,12-13,17-18,21H2,1-3H3,(H,46,49)(H,47,50)(H,48,53)(H,51,55)/t29?,30?,35-,36-,37-,38-/m0/s1. The van der Waals surface area contributed by atoms with Gasteiger partial charge < -0.3 is 30.2 Å². The third kappa shape index (κ3) is 7.29. The zero-order chi connectivity index (χ0) is 38.9. The Kier molecular flexibility index (Phi) is 10.4. The number of nitrogens with one attached hydrogen (secondary N) is 4. The maximum Gasteiger partial charge on any atom is 0.407 e. The summed E-state index contributed by atoms with van der Waals surface area (Å²) in [5.74, 6) is 1.56. The molecule has 2 unspecified atom stereocenters. The molecule has 12 nitrogen and oxygen atoms in total. The lowest BCUT2D eigenvalue weighted by atomic mass is 9.78. The van der Waals surface area contributed by atoms with Gasteiger partial charge in [0.1, 0.15) is 23.5 Å². The quantitative estimate of drug-likeness (QED) is 0.111. The van der Waals surface area contributed by atoms with Crippen LogP contribution in [0.25, 0.3) is 33.6 Å². The van der Waals surface area contributed by atoms with Crippen molar-refractivity contribution in [3.05, 3.63) is 102 Å². The Bertz CT molecular complexity index is 2200. The van der Waals surface area contributed by atoms with Crippen LogP contribution in [0.15, 0.2) is 79.4 Å². The van der Waals surface area contributed by atoms with Crippen LogP contribution in [0.2, 0.25) is 0 Å². The van der Waals surface area contributed by atoms with Gasteiger partial charge in [0.2, 0.25) is 11.8 Å². The SMILES string of the molecule is COC(=O)N[C@H](C(=O)N1CCC[C@H]1c1ncc(-c2ccc(-c3ccc(-c4cnc([C@H]5C6CCC(C6)[C@@H]5C(=O)NCc5cccnc5)[nH]4)cc3)c(F)c2)[nH]1)C(C)C. The molecule has 3 aliphatic rings. The Morgan fingerprint density at radius 3 is 2.36 bits per heavy atom. The molecule has 6 atom stereocenters. The number of amides is 3. The molecule has 2 aliphatic carbocycles. The summed E-state index contributed by atoms with van der Waals surface area (Å²) in [7, 11) is 1.27. The highest BCUT2D eigenvalue weighted by atomic mass is 19.1. The molecule has 13 heteroatoms. The average molecular weight is 759 g/mol. The number of methoxy groups -OCH3 is 1. The third-order valence-corrected chi connectivity index (χ3v) is 11.9. The summed E-state index contributed by atoms with van der Waals surface area (Å²) in [5.41, 5.74) is 5.25. The van der Waals surface area contributed by atoms with Crippen molar-refractivity contribution in [1.82, 2.24) is 40.5 Å². The molecule has 0 spiro atoms. The van der Waals surface area contributed by atoms with E-state index >= 15 is 4.39 Å². The minimum absolute atomic E-state index is 0.0430. The Balaban J connectivity index is 0.937. The van der Waals surface area contributed by atoms with Crippen LogP contribution in [-0.4, -0.2) is 67.4 Å². The van der Waals surface area contributed by atoms with E-state index in [0.717, 1.165) is 60.3 Å². The number of nitrogens with zero attached hydrogens (tertiary/aromatic N) is 4. The van der Waals surface area contributed by atoms with Gasteiger partial charge in [-0.25, -0.2) is 19.2 Å². The molecule has 5 aromatic rings. The Labute approximate surface area is 325 Å². The lowest BCUT2D eigenvalue weighted by Crippen LogP contribution is -2.51. The molecule has 3 fully saturated rings. The van der Waals surface area contributed by atoms with Crippen LogP contribution in [0.5, 0.6) is 0 Å². The van der Waals surface area contributed by atoms with E-state index < -0.39 is 12.1 Å². The molecular formula is C43H47FN8O4. The number of alkyl carbamates (subject to hydrolysis) is 1. The first-order valence-corrected chi connectivity index (χ1v) is 19.5. The van der Waals surface area contributed by atoms with E-state index in [2.05, 4.69) is 30.6 Å². The van der Waals surface area contributed by atoms with Crippen molar-refractivity contribution in [2.45, 2.75) is 70.5 Å². The minimum atomic E-state index is -0.728. The van der Waals surface area contributed by atoms with E-state index in [1.54, 1.807) is 29.6 Å². The van der Waals surface area contributed by atoms with Crippen LogP contribution in [0.4, 0.5) is 9.18 Å². The Hall–Kier alpha value is -5.85. The maximum atomic E-state index is 15.7. The van der Waals surface area contributed by atoms with Gasteiger partial charge in [0.25, 0.3) is 0 Å². The van der Waals surface area contributed by atoms with Gasteiger partial charge in [-0.05, 0) is 78.7 Å². The summed E-state index contributed by atoms with van der Waals surface area (Å²) in [6, 6.07) is 15.7. The second-order valence-corrected chi connectivity index (χ2v) is 15.6. The second kappa shape index (κ2) is 15.7. The molecule has 4 N–H and O–H groups in total. The molecule has 3 amide bonds. The zero-order valence-electron chi connectivity index (χ0n) is 31.8. The zero-order valence-corrected chi connectivity index (χ0v) is 31.8. The molecule has 4 heterocycles. The fraction of sp³-hybridized carbons (Fsp3) is 0.395. The number of carbonyl (C=O) groups excluding carboxylic acids is 3. The van der Waals surface area contributed by atoms with Crippen molar-refractivity contribution < 1.29 is 23.5 Å². The van der Waals surface area contributed by atoms with Crippen LogP contribution in [0, 0.1) is 29.5 Å². The molecule has 8 rings (SSSR count). The topological polar surface area (TPSA) is 158 Å². The molecule has 2 saturated carbocycles. The number of carbonyl (C=O) groups is 3. The van der Waals surface area contributed by atoms with E-state index in [0.29, 0.717) is 47.6 Å². The number of ether oxygens (including phenoxy) is 1. The number of hydrogen-bond acceptors (Lipinski definition) is 7. The molecule has 56 heavy (non-hydrogen) atoms. The Morgan fingerprint density at radius 1 is 0.911 bits per heavy atom. The summed E-state index contributed by atoms with van der Waals surface area (Å²) in [4.78, 5) is 61.1. The maximum absolute atomic E-state index is 15.7.